The van der Waals surface area contributed by atoms with E-state index < -0.39 is 17.5 Å². The molecule has 3 aromatic rings. The molecule has 1 N–H and O–H groups in total. The first-order valence-electron chi connectivity index (χ1n) is 6.92. The van der Waals surface area contributed by atoms with Crippen molar-refractivity contribution in [3.63, 3.8) is 0 Å². The van der Waals surface area contributed by atoms with E-state index >= 15 is 0 Å². The lowest BCUT2D eigenvalue weighted by molar-refractivity contribution is 0.102. The van der Waals surface area contributed by atoms with Gasteiger partial charge in [-0.25, -0.2) is 13.5 Å². The summed E-state index contributed by atoms with van der Waals surface area (Å²) < 4.78 is 27.7. The van der Waals surface area contributed by atoms with Gasteiger partial charge in [0.05, 0.1) is 23.1 Å². The van der Waals surface area contributed by atoms with Gasteiger partial charge in [0, 0.05) is 11.8 Å². The average Bonchev–Trinajstić information content (AvgIpc) is 2.93. The van der Waals surface area contributed by atoms with Crippen molar-refractivity contribution in [3.8, 4) is 5.69 Å². The number of carbonyl (C=O) groups is 1. The summed E-state index contributed by atoms with van der Waals surface area (Å²) in [7, 11) is 0. The van der Waals surface area contributed by atoms with Gasteiger partial charge in [0.15, 0.2) is 11.6 Å². The molecule has 0 aliphatic carbocycles. The Balaban J connectivity index is 1.86. The maximum atomic E-state index is 13.2. The van der Waals surface area contributed by atoms with E-state index in [4.69, 9.17) is 0 Å². The van der Waals surface area contributed by atoms with Crippen LogP contribution in [0.2, 0.25) is 0 Å². The third-order valence-electron chi connectivity index (χ3n) is 3.43. The monoisotopic (exact) mass is 313 g/mol. The summed E-state index contributed by atoms with van der Waals surface area (Å²) in [6, 6.07) is 12.6. The minimum Gasteiger partial charge on any atom is -0.322 e. The number of rotatable bonds is 3. The smallest absolute Gasteiger partial charge is 0.259 e. The second-order valence-electron chi connectivity index (χ2n) is 4.97. The molecule has 0 atom stereocenters. The van der Waals surface area contributed by atoms with Crippen molar-refractivity contribution >= 4 is 11.6 Å². The highest BCUT2D eigenvalue weighted by molar-refractivity contribution is 6.04. The Morgan fingerprint density at radius 3 is 2.52 bits per heavy atom. The first-order valence-corrected chi connectivity index (χ1v) is 6.92. The SMILES string of the molecule is Cc1c(C(=O)Nc2ccc(F)c(F)c2)cnn1-c1ccccc1. The van der Waals surface area contributed by atoms with E-state index in [1.165, 1.54) is 12.3 Å². The predicted octanol–water partition coefficient (Wildman–Crippen LogP) is 3.71. The van der Waals surface area contributed by atoms with E-state index in [0.29, 0.717) is 11.3 Å². The van der Waals surface area contributed by atoms with Crippen molar-refractivity contribution in [1.29, 1.82) is 0 Å². The van der Waals surface area contributed by atoms with Crippen LogP contribution in [0.4, 0.5) is 14.5 Å². The standard InChI is InChI=1S/C17H13F2N3O/c1-11-14(10-20-22(11)13-5-3-2-4-6-13)17(23)21-12-7-8-15(18)16(19)9-12/h2-10H,1H3,(H,21,23). The van der Waals surface area contributed by atoms with Gasteiger partial charge in [-0.2, -0.15) is 5.10 Å². The zero-order chi connectivity index (χ0) is 16.4. The number of para-hydroxylation sites is 1. The molecular formula is C17H13F2N3O. The van der Waals surface area contributed by atoms with E-state index in [9.17, 15) is 13.6 Å². The molecule has 0 aliphatic heterocycles. The van der Waals surface area contributed by atoms with Crippen molar-refractivity contribution in [2.45, 2.75) is 6.92 Å². The normalized spacial score (nSPS) is 10.6. The highest BCUT2D eigenvalue weighted by Crippen LogP contribution is 2.17. The molecule has 0 bridgehead atoms. The van der Waals surface area contributed by atoms with Crippen LogP contribution in [-0.4, -0.2) is 15.7 Å². The summed E-state index contributed by atoms with van der Waals surface area (Å²) in [5.41, 5.74) is 2.02. The molecule has 23 heavy (non-hydrogen) atoms. The lowest BCUT2D eigenvalue weighted by Gasteiger charge is -2.07. The molecule has 0 aliphatic rings. The van der Waals surface area contributed by atoms with Crippen LogP contribution in [0.3, 0.4) is 0 Å². The van der Waals surface area contributed by atoms with Crippen LogP contribution in [-0.2, 0) is 0 Å². The Bertz CT molecular complexity index is 860. The molecule has 4 nitrogen and oxygen atoms in total. The van der Waals surface area contributed by atoms with Gasteiger partial charge in [-0.1, -0.05) is 18.2 Å². The fraction of sp³-hybridized carbons (Fsp3) is 0.0588. The number of nitrogens with zero attached hydrogens (tertiary/aromatic N) is 2. The Morgan fingerprint density at radius 2 is 1.83 bits per heavy atom. The van der Waals surface area contributed by atoms with Crippen LogP contribution >= 0.6 is 0 Å². The number of nitrogens with one attached hydrogen (secondary N) is 1. The minimum atomic E-state index is -1.01. The van der Waals surface area contributed by atoms with Crippen LogP contribution in [0.5, 0.6) is 0 Å². The maximum absolute atomic E-state index is 13.2. The number of carbonyl (C=O) groups excluding carboxylic acids is 1. The molecule has 2 aromatic carbocycles. The van der Waals surface area contributed by atoms with Crippen molar-refractivity contribution < 1.29 is 13.6 Å². The van der Waals surface area contributed by atoms with Crippen LogP contribution in [0, 0.1) is 18.6 Å². The van der Waals surface area contributed by atoms with E-state index in [2.05, 4.69) is 10.4 Å². The summed E-state index contributed by atoms with van der Waals surface area (Å²) in [6.07, 6.45) is 1.44. The van der Waals surface area contributed by atoms with Crippen LogP contribution < -0.4 is 5.32 Å². The number of aromatic nitrogens is 2. The van der Waals surface area contributed by atoms with Crippen LogP contribution in [0.25, 0.3) is 5.69 Å². The molecule has 1 aromatic heterocycles. The molecule has 0 saturated heterocycles. The number of hydrogen-bond acceptors (Lipinski definition) is 2. The number of halogens is 2. The quantitative estimate of drug-likeness (QED) is 0.801. The maximum Gasteiger partial charge on any atom is 0.259 e. The van der Waals surface area contributed by atoms with Crippen molar-refractivity contribution in [3.05, 3.63) is 77.6 Å². The Hall–Kier alpha value is -3.02. The summed E-state index contributed by atoms with van der Waals surface area (Å²) >= 11 is 0. The first-order chi connectivity index (χ1) is 11.1. The molecule has 0 fully saturated rings. The number of anilines is 1. The van der Waals surface area contributed by atoms with Crippen LogP contribution in [0.1, 0.15) is 16.1 Å². The molecular weight excluding hydrogens is 300 g/mol. The summed E-state index contributed by atoms with van der Waals surface area (Å²) in [5, 5.41) is 6.74. The van der Waals surface area contributed by atoms with Gasteiger partial charge in [-0.3, -0.25) is 4.79 Å². The molecule has 1 amide bonds. The Kier molecular flexibility index (Phi) is 3.89. The number of hydrogen-bond donors (Lipinski definition) is 1. The third kappa shape index (κ3) is 2.96. The number of amides is 1. The summed E-state index contributed by atoms with van der Waals surface area (Å²) in [4.78, 5) is 12.3. The molecule has 6 heteroatoms. The van der Waals surface area contributed by atoms with Crippen molar-refractivity contribution in [2.24, 2.45) is 0 Å². The molecule has 116 valence electrons. The van der Waals surface area contributed by atoms with Gasteiger partial charge in [-0.05, 0) is 31.2 Å². The summed E-state index contributed by atoms with van der Waals surface area (Å²) in [6.45, 7) is 1.76. The van der Waals surface area contributed by atoms with Gasteiger partial charge >= 0.3 is 0 Å². The molecule has 0 saturated carbocycles. The summed E-state index contributed by atoms with van der Waals surface area (Å²) in [5.74, 6) is -2.41. The highest BCUT2D eigenvalue weighted by atomic mass is 19.2. The topological polar surface area (TPSA) is 46.9 Å². The fourth-order valence-electron chi connectivity index (χ4n) is 2.23. The second-order valence-corrected chi connectivity index (χ2v) is 4.97. The number of benzene rings is 2. The molecule has 0 unspecified atom stereocenters. The van der Waals surface area contributed by atoms with Crippen molar-refractivity contribution in [2.75, 3.05) is 5.32 Å². The first kappa shape index (κ1) is 14.9. The van der Waals surface area contributed by atoms with Gasteiger partial charge in [0.2, 0.25) is 0 Å². The highest BCUT2D eigenvalue weighted by Gasteiger charge is 2.15. The van der Waals surface area contributed by atoms with Crippen molar-refractivity contribution in [1.82, 2.24) is 9.78 Å². The minimum absolute atomic E-state index is 0.181. The Labute approximate surface area is 131 Å². The lowest BCUT2D eigenvalue weighted by atomic mass is 10.2. The molecule has 1 heterocycles. The average molecular weight is 313 g/mol. The zero-order valence-electron chi connectivity index (χ0n) is 12.3. The van der Waals surface area contributed by atoms with E-state index in [1.54, 1.807) is 11.6 Å². The predicted molar refractivity (Wildman–Crippen MR) is 82.6 cm³/mol. The van der Waals surface area contributed by atoms with Crippen LogP contribution in [0.15, 0.2) is 54.7 Å². The second kappa shape index (κ2) is 6.00. The van der Waals surface area contributed by atoms with E-state index in [1.807, 2.05) is 30.3 Å². The van der Waals surface area contributed by atoms with Gasteiger partial charge in [-0.15, -0.1) is 0 Å². The third-order valence-corrected chi connectivity index (χ3v) is 3.43. The molecule has 0 radical (unpaired) electrons. The van der Waals surface area contributed by atoms with Gasteiger partial charge in [0.1, 0.15) is 0 Å². The van der Waals surface area contributed by atoms with Gasteiger partial charge in [0.25, 0.3) is 5.91 Å². The van der Waals surface area contributed by atoms with E-state index in [-0.39, 0.29) is 5.69 Å². The largest absolute Gasteiger partial charge is 0.322 e. The fourth-order valence-corrected chi connectivity index (χ4v) is 2.23. The lowest BCUT2D eigenvalue weighted by Crippen LogP contribution is -2.13. The van der Waals surface area contributed by atoms with E-state index in [0.717, 1.165) is 17.8 Å². The molecule has 3 rings (SSSR count). The molecule has 0 spiro atoms. The van der Waals surface area contributed by atoms with Gasteiger partial charge < -0.3 is 5.32 Å². The zero-order valence-corrected chi connectivity index (χ0v) is 12.3. The Morgan fingerprint density at radius 1 is 1.09 bits per heavy atom.